The van der Waals surface area contributed by atoms with Gasteiger partial charge in [0, 0.05) is 13.2 Å². The second-order valence-corrected chi connectivity index (χ2v) is 6.11. The van der Waals surface area contributed by atoms with Gasteiger partial charge < -0.3 is 25.4 Å². The van der Waals surface area contributed by atoms with Crippen LogP contribution in [0.15, 0.2) is 24.3 Å². The van der Waals surface area contributed by atoms with Crippen molar-refractivity contribution in [1.82, 2.24) is 5.32 Å². The Bertz CT molecular complexity index is 484. The second kappa shape index (κ2) is 8.12. The fourth-order valence-corrected chi connectivity index (χ4v) is 1.90. The Morgan fingerprint density at radius 1 is 1.32 bits per heavy atom. The predicted octanol–water partition coefficient (Wildman–Crippen LogP) is 1.14. The molecule has 0 saturated carbocycles. The van der Waals surface area contributed by atoms with E-state index >= 15 is 0 Å². The molecule has 1 rings (SSSR count). The zero-order valence-corrected chi connectivity index (χ0v) is 13.2. The SMILES string of the molecule is CC(C)(C)OC(=O)NCC(O)C(O)c1cccc(CCO)c1. The highest BCUT2D eigenvalue weighted by atomic mass is 16.6. The summed E-state index contributed by atoms with van der Waals surface area (Å²) in [5.41, 5.74) is 0.780. The summed E-state index contributed by atoms with van der Waals surface area (Å²) < 4.78 is 5.05. The fourth-order valence-electron chi connectivity index (χ4n) is 1.90. The molecular formula is C16H25NO5. The van der Waals surface area contributed by atoms with Crippen LogP contribution < -0.4 is 5.32 Å². The first-order valence-electron chi connectivity index (χ1n) is 7.25. The third-order valence-corrected chi connectivity index (χ3v) is 2.91. The number of hydrogen-bond donors (Lipinski definition) is 4. The van der Waals surface area contributed by atoms with Gasteiger partial charge in [0.1, 0.15) is 17.8 Å². The van der Waals surface area contributed by atoms with Crippen LogP contribution in [0.25, 0.3) is 0 Å². The van der Waals surface area contributed by atoms with Gasteiger partial charge in [-0.1, -0.05) is 24.3 Å². The van der Waals surface area contributed by atoms with Crippen molar-refractivity contribution >= 4 is 6.09 Å². The van der Waals surface area contributed by atoms with E-state index in [1.54, 1.807) is 39.0 Å². The molecule has 4 N–H and O–H groups in total. The Balaban J connectivity index is 2.56. The Kier molecular flexibility index (Phi) is 6.80. The first-order valence-corrected chi connectivity index (χ1v) is 7.25. The summed E-state index contributed by atoms with van der Waals surface area (Å²) in [5, 5.41) is 31.4. The first kappa shape index (κ1) is 18.4. The van der Waals surface area contributed by atoms with Gasteiger partial charge >= 0.3 is 6.09 Å². The third kappa shape index (κ3) is 6.43. The van der Waals surface area contributed by atoms with Gasteiger partial charge in [-0.05, 0) is 38.3 Å². The summed E-state index contributed by atoms with van der Waals surface area (Å²) in [5.74, 6) is 0. The molecule has 0 aliphatic carbocycles. The number of benzene rings is 1. The molecule has 0 saturated heterocycles. The molecule has 2 unspecified atom stereocenters. The molecule has 0 spiro atoms. The third-order valence-electron chi connectivity index (χ3n) is 2.91. The van der Waals surface area contributed by atoms with Crippen LogP contribution in [0.1, 0.15) is 38.0 Å². The summed E-state index contributed by atoms with van der Waals surface area (Å²) in [6, 6.07) is 6.98. The minimum Gasteiger partial charge on any atom is -0.444 e. The summed E-state index contributed by atoms with van der Waals surface area (Å²) in [4.78, 5) is 11.5. The van der Waals surface area contributed by atoms with E-state index in [-0.39, 0.29) is 13.2 Å². The van der Waals surface area contributed by atoms with Crippen LogP contribution in [0.4, 0.5) is 4.79 Å². The van der Waals surface area contributed by atoms with E-state index < -0.39 is 23.9 Å². The lowest BCUT2D eigenvalue weighted by molar-refractivity contribution is 0.0129. The van der Waals surface area contributed by atoms with Crippen molar-refractivity contribution in [3.63, 3.8) is 0 Å². The molecule has 22 heavy (non-hydrogen) atoms. The Labute approximate surface area is 130 Å². The number of aliphatic hydroxyl groups is 3. The zero-order chi connectivity index (χ0) is 16.8. The number of aliphatic hydroxyl groups excluding tert-OH is 3. The van der Waals surface area contributed by atoms with Crippen molar-refractivity contribution in [2.24, 2.45) is 0 Å². The minimum absolute atomic E-state index is 0.0162. The standard InChI is InChI=1S/C16H25NO5/c1-16(2,3)22-15(21)17-10-13(19)14(20)12-6-4-5-11(9-12)7-8-18/h4-6,9,13-14,18-20H,7-8,10H2,1-3H3,(H,17,21). The van der Waals surface area contributed by atoms with E-state index in [1.165, 1.54) is 0 Å². The quantitative estimate of drug-likeness (QED) is 0.631. The second-order valence-electron chi connectivity index (χ2n) is 6.11. The molecule has 0 aliphatic heterocycles. The molecule has 124 valence electrons. The van der Waals surface area contributed by atoms with Crippen LogP contribution in [0.5, 0.6) is 0 Å². The number of nitrogens with one attached hydrogen (secondary N) is 1. The van der Waals surface area contributed by atoms with Crippen LogP contribution in [0.3, 0.4) is 0 Å². The number of amides is 1. The normalized spacial score (nSPS) is 14.3. The monoisotopic (exact) mass is 311 g/mol. The average Bonchev–Trinajstić information content (AvgIpc) is 2.43. The lowest BCUT2D eigenvalue weighted by Crippen LogP contribution is -2.38. The van der Waals surface area contributed by atoms with Crippen LogP contribution in [-0.4, -0.2) is 46.3 Å². The number of alkyl carbamates (subject to hydrolysis) is 1. The Morgan fingerprint density at radius 3 is 2.59 bits per heavy atom. The molecule has 0 bridgehead atoms. The lowest BCUT2D eigenvalue weighted by atomic mass is 10.0. The summed E-state index contributed by atoms with van der Waals surface area (Å²) >= 11 is 0. The van der Waals surface area contributed by atoms with Crippen molar-refractivity contribution in [3.05, 3.63) is 35.4 Å². The highest BCUT2D eigenvalue weighted by Crippen LogP contribution is 2.18. The summed E-state index contributed by atoms with van der Waals surface area (Å²) in [6.45, 7) is 5.11. The number of carbonyl (C=O) groups excluding carboxylic acids is 1. The van der Waals surface area contributed by atoms with E-state index in [9.17, 15) is 15.0 Å². The van der Waals surface area contributed by atoms with E-state index in [4.69, 9.17) is 9.84 Å². The van der Waals surface area contributed by atoms with Gasteiger partial charge in [-0.25, -0.2) is 4.79 Å². The molecule has 0 fully saturated rings. The van der Waals surface area contributed by atoms with Gasteiger partial charge in [0.2, 0.25) is 0 Å². The molecule has 6 nitrogen and oxygen atoms in total. The fraction of sp³-hybridized carbons (Fsp3) is 0.562. The molecule has 1 aromatic rings. The zero-order valence-electron chi connectivity index (χ0n) is 13.2. The number of hydrogen-bond acceptors (Lipinski definition) is 5. The van der Waals surface area contributed by atoms with Gasteiger partial charge in [0.05, 0.1) is 0 Å². The molecular weight excluding hydrogens is 286 g/mol. The maximum atomic E-state index is 11.5. The Hall–Kier alpha value is -1.63. The van der Waals surface area contributed by atoms with Gasteiger partial charge in [0.25, 0.3) is 0 Å². The van der Waals surface area contributed by atoms with Gasteiger partial charge in [-0.3, -0.25) is 0 Å². The van der Waals surface area contributed by atoms with Crippen LogP contribution in [0, 0.1) is 0 Å². The average molecular weight is 311 g/mol. The largest absolute Gasteiger partial charge is 0.444 e. The predicted molar refractivity (Wildman–Crippen MR) is 82.4 cm³/mol. The maximum Gasteiger partial charge on any atom is 0.407 e. The Morgan fingerprint density at radius 2 is 2.00 bits per heavy atom. The number of rotatable bonds is 6. The minimum atomic E-state index is -1.16. The smallest absolute Gasteiger partial charge is 0.407 e. The van der Waals surface area contributed by atoms with Gasteiger partial charge in [-0.2, -0.15) is 0 Å². The van der Waals surface area contributed by atoms with Crippen molar-refractivity contribution < 1.29 is 24.9 Å². The van der Waals surface area contributed by atoms with Crippen LogP contribution in [0.2, 0.25) is 0 Å². The highest BCUT2D eigenvalue weighted by Gasteiger charge is 2.21. The van der Waals surface area contributed by atoms with E-state index in [0.29, 0.717) is 12.0 Å². The summed E-state index contributed by atoms with van der Waals surface area (Å²) in [6.07, 6.45) is -2.45. The van der Waals surface area contributed by atoms with Crippen LogP contribution in [-0.2, 0) is 11.2 Å². The molecule has 0 radical (unpaired) electrons. The number of ether oxygens (including phenoxy) is 1. The maximum absolute atomic E-state index is 11.5. The molecule has 0 aliphatic rings. The number of carbonyl (C=O) groups is 1. The topological polar surface area (TPSA) is 99.0 Å². The van der Waals surface area contributed by atoms with Gasteiger partial charge in [0.15, 0.2) is 0 Å². The van der Waals surface area contributed by atoms with Gasteiger partial charge in [-0.15, -0.1) is 0 Å². The van der Waals surface area contributed by atoms with Crippen molar-refractivity contribution in [3.8, 4) is 0 Å². The molecule has 0 aromatic heterocycles. The van der Waals surface area contributed by atoms with E-state index in [1.807, 2.05) is 6.07 Å². The molecule has 2 atom stereocenters. The molecule has 0 heterocycles. The van der Waals surface area contributed by atoms with Crippen molar-refractivity contribution in [2.45, 2.75) is 45.0 Å². The van der Waals surface area contributed by atoms with Crippen LogP contribution >= 0.6 is 0 Å². The molecule has 1 aromatic carbocycles. The van der Waals surface area contributed by atoms with E-state index in [2.05, 4.69) is 5.32 Å². The molecule has 1 amide bonds. The lowest BCUT2D eigenvalue weighted by Gasteiger charge is -2.22. The van der Waals surface area contributed by atoms with Crippen molar-refractivity contribution in [2.75, 3.05) is 13.2 Å². The molecule has 6 heteroatoms. The highest BCUT2D eigenvalue weighted by molar-refractivity contribution is 5.67. The van der Waals surface area contributed by atoms with E-state index in [0.717, 1.165) is 5.56 Å². The first-order chi connectivity index (χ1) is 10.2. The van der Waals surface area contributed by atoms with Crippen molar-refractivity contribution in [1.29, 1.82) is 0 Å². The summed E-state index contributed by atoms with van der Waals surface area (Å²) in [7, 11) is 0.